The molecule has 0 spiro atoms. The molecule has 1 atom stereocenters. The van der Waals surface area contributed by atoms with E-state index in [2.05, 4.69) is 25.9 Å². The van der Waals surface area contributed by atoms with Crippen LogP contribution in [0.3, 0.4) is 0 Å². The average Bonchev–Trinajstić information content (AvgIpc) is 3.17. The minimum atomic E-state index is -0.197. The van der Waals surface area contributed by atoms with Crippen LogP contribution >= 0.6 is 0 Å². The smallest absolute Gasteiger partial charge is 0.123 e. The van der Waals surface area contributed by atoms with E-state index < -0.39 is 0 Å². The molecule has 120 valence electrons. The van der Waals surface area contributed by atoms with Gasteiger partial charge < -0.3 is 9.30 Å². The molecule has 1 N–H and O–H groups in total. The number of benzene rings is 1. The minimum Gasteiger partial charge on any atom is -0.378 e. The lowest BCUT2D eigenvalue weighted by atomic mass is 10.1. The summed E-state index contributed by atoms with van der Waals surface area (Å²) < 4.78 is 21.3. The topological polar surface area (TPSA) is 46.1 Å². The van der Waals surface area contributed by atoms with Gasteiger partial charge in [-0.15, -0.1) is 0 Å². The predicted molar refractivity (Wildman–Crippen MR) is 85.4 cm³/mol. The number of aromatic nitrogens is 3. The number of aryl methyl sites for hydroxylation is 1. The fraction of sp³-hybridized carbons (Fsp3) is 0.353. The lowest BCUT2D eigenvalue weighted by Crippen LogP contribution is -2.39. The summed E-state index contributed by atoms with van der Waals surface area (Å²) in [5.74, 6) is -0.197. The first kappa shape index (κ1) is 14.4. The van der Waals surface area contributed by atoms with E-state index in [1.54, 1.807) is 12.3 Å². The van der Waals surface area contributed by atoms with Crippen molar-refractivity contribution in [1.82, 2.24) is 19.7 Å². The third-order valence-electron chi connectivity index (χ3n) is 4.53. The lowest BCUT2D eigenvalue weighted by molar-refractivity contribution is -0.0141. The SMILES string of the molecule is Cn1cc(CN2CCOC[C@H]2c2ccn[nH]2)c2cc(F)ccc21. The Labute approximate surface area is 133 Å². The third-order valence-corrected chi connectivity index (χ3v) is 4.53. The number of nitrogens with zero attached hydrogens (tertiary/aromatic N) is 3. The molecule has 5 nitrogen and oxygen atoms in total. The Morgan fingerprint density at radius 2 is 2.30 bits per heavy atom. The van der Waals surface area contributed by atoms with Gasteiger partial charge in [0.1, 0.15) is 5.82 Å². The van der Waals surface area contributed by atoms with Gasteiger partial charge >= 0.3 is 0 Å². The van der Waals surface area contributed by atoms with Gasteiger partial charge in [-0.2, -0.15) is 5.10 Å². The number of nitrogens with one attached hydrogen (secondary N) is 1. The molecule has 3 aromatic rings. The first-order chi connectivity index (χ1) is 11.2. The molecule has 0 aliphatic carbocycles. The summed E-state index contributed by atoms with van der Waals surface area (Å²) in [6.45, 7) is 2.95. The van der Waals surface area contributed by atoms with Crippen LogP contribution in [0.2, 0.25) is 0 Å². The number of ether oxygens (including phenoxy) is 1. The molecule has 1 aliphatic rings. The Kier molecular flexibility index (Phi) is 3.63. The molecule has 2 aromatic heterocycles. The van der Waals surface area contributed by atoms with Crippen LogP contribution in [0.4, 0.5) is 4.39 Å². The lowest BCUT2D eigenvalue weighted by Gasteiger charge is -2.34. The quantitative estimate of drug-likeness (QED) is 0.808. The Morgan fingerprint density at radius 1 is 1.39 bits per heavy atom. The number of aromatic amines is 1. The molecular weight excluding hydrogens is 295 g/mol. The Bertz CT molecular complexity index is 811. The van der Waals surface area contributed by atoms with Gasteiger partial charge in [0.15, 0.2) is 0 Å². The van der Waals surface area contributed by atoms with Gasteiger partial charge in [0.05, 0.1) is 24.9 Å². The van der Waals surface area contributed by atoms with Crippen molar-refractivity contribution >= 4 is 10.9 Å². The maximum Gasteiger partial charge on any atom is 0.123 e. The number of morpholine rings is 1. The van der Waals surface area contributed by atoms with Crippen molar-refractivity contribution in [2.45, 2.75) is 12.6 Å². The van der Waals surface area contributed by atoms with Gasteiger partial charge in [0.25, 0.3) is 0 Å². The zero-order valence-electron chi connectivity index (χ0n) is 13.0. The van der Waals surface area contributed by atoms with Crippen LogP contribution in [-0.2, 0) is 18.3 Å². The van der Waals surface area contributed by atoms with Crippen molar-refractivity contribution in [2.24, 2.45) is 7.05 Å². The normalized spacial score (nSPS) is 19.5. The monoisotopic (exact) mass is 314 g/mol. The van der Waals surface area contributed by atoms with Crippen molar-refractivity contribution in [2.75, 3.05) is 19.8 Å². The van der Waals surface area contributed by atoms with E-state index in [1.165, 1.54) is 6.07 Å². The van der Waals surface area contributed by atoms with Crippen LogP contribution < -0.4 is 0 Å². The highest BCUT2D eigenvalue weighted by Crippen LogP contribution is 2.28. The molecule has 0 amide bonds. The molecule has 1 saturated heterocycles. The second-order valence-corrected chi connectivity index (χ2v) is 6.00. The van der Waals surface area contributed by atoms with Gasteiger partial charge in [0, 0.05) is 43.4 Å². The second kappa shape index (κ2) is 5.79. The van der Waals surface area contributed by atoms with Crippen LogP contribution in [0.15, 0.2) is 36.7 Å². The number of H-pyrrole nitrogens is 1. The van der Waals surface area contributed by atoms with E-state index in [4.69, 9.17) is 4.74 Å². The summed E-state index contributed by atoms with van der Waals surface area (Å²) in [6.07, 6.45) is 3.85. The average molecular weight is 314 g/mol. The van der Waals surface area contributed by atoms with Crippen molar-refractivity contribution in [3.63, 3.8) is 0 Å². The zero-order valence-corrected chi connectivity index (χ0v) is 13.0. The molecule has 0 bridgehead atoms. The van der Waals surface area contributed by atoms with Crippen molar-refractivity contribution in [3.05, 3.63) is 53.7 Å². The summed E-state index contributed by atoms with van der Waals surface area (Å²) in [6, 6.07) is 7.09. The summed E-state index contributed by atoms with van der Waals surface area (Å²) >= 11 is 0. The van der Waals surface area contributed by atoms with Gasteiger partial charge in [-0.3, -0.25) is 10.00 Å². The van der Waals surface area contributed by atoms with Crippen molar-refractivity contribution in [3.8, 4) is 0 Å². The van der Waals surface area contributed by atoms with Gasteiger partial charge in [-0.1, -0.05) is 0 Å². The molecule has 1 fully saturated rings. The van der Waals surface area contributed by atoms with Gasteiger partial charge in [-0.05, 0) is 29.8 Å². The zero-order chi connectivity index (χ0) is 15.8. The molecule has 6 heteroatoms. The molecule has 1 aliphatic heterocycles. The van der Waals surface area contributed by atoms with Crippen LogP contribution in [0.5, 0.6) is 0 Å². The molecule has 1 aromatic carbocycles. The number of rotatable bonds is 3. The van der Waals surface area contributed by atoms with Crippen LogP contribution in [0.1, 0.15) is 17.3 Å². The van der Waals surface area contributed by atoms with E-state index in [-0.39, 0.29) is 11.9 Å². The maximum atomic E-state index is 13.6. The van der Waals surface area contributed by atoms with E-state index in [0.717, 1.165) is 35.2 Å². The Morgan fingerprint density at radius 3 is 3.13 bits per heavy atom. The number of hydrogen-bond donors (Lipinski definition) is 1. The molecular formula is C17H19FN4O. The van der Waals surface area contributed by atoms with Crippen LogP contribution in [-0.4, -0.2) is 39.4 Å². The number of fused-ring (bicyclic) bond motifs is 1. The molecule has 0 radical (unpaired) electrons. The standard InChI is InChI=1S/C17H19FN4O/c1-21-9-12(14-8-13(18)2-3-16(14)21)10-22-6-7-23-11-17(22)15-4-5-19-20-15/h2-5,8-9,17H,6-7,10-11H2,1H3,(H,19,20)/t17-/m0/s1. The fourth-order valence-electron chi connectivity index (χ4n) is 3.36. The van der Waals surface area contributed by atoms with E-state index in [1.807, 2.05) is 19.2 Å². The first-order valence-corrected chi connectivity index (χ1v) is 7.77. The van der Waals surface area contributed by atoms with E-state index >= 15 is 0 Å². The van der Waals surface area contributed by atoms with Gasteiger partial charge in [0.2, 0.25) is 0 Å². The summed E-state index contributed by atoms with van der Waals surface area (Å²) in [5, 5.41) is 8.06. The largest absolute Gasteiger partial charge is 0.378 e. The molecule has 4 rings (SSSR count). The van der Waals surface area contributed by atoms with E-state index in [9.17, 15) is 4.39 Å². The second-order valence-electron chi connectivity index (χ2n) is 6.00. The minimum absolute atomic E-state index is 0.148. The summed E-state index contributed by atoms with van der Waals surface area (Å²) in [5.41, 5.74) is 3.23. The van der Waals surface area contributed by atoms with Crippen molar-refractivity contribution < 1.29 is 9.13 Å². The third kappa shape index (κ3) is 2.64. The molecule has 0 saturated carbocycles. The highest BCUT2D eigenvalue weighted by molar-refractivity contribution is 5.84. The molecule has 0 unspecified atom stereocenters. The van der Waals surface area contributed by atoms with Gasteiger partial charge in [-0.25, -0.2) is 4.39 Å². The van der Waals surface area contributed by atoms with Crippen LogP contribution in [0.25, 0.3) is 10.9 Å². The Hall–Kier alpha value is -2.18. The van der Waals surface area contributed by atoms with Crippen molar-refractivity contribution in [1.29, 1.82) is 0 Å². The fourth-order valence-corrected chi connectivity index (χ4v) is 3.36. The number of hydrogen-bond acceptors (Lipinski definition) is 3. The highest BCUT2D eigenvalue weighted by Gasteiger charge is 2.26. The predicted octanol–water partition coefficient (Wildman–Crippen LogP) is 2.61. The maximum absolute atomic E-state index is 13.6. The summed E-state index contributed by atoms with van der Waals surface area (Å²) in [7, 11) is 2.00. The highest BCUT2D eigenvalue weighted by atomic mass is 19.1. The van der Waals surface area contributed by atoms with Crippen LogP contribution in [0, 0.1) is 5.82 Å². The number of halogens is 1. The molecule has 23 heavy (non-hydrogen) atoms. The van der Waals surface area contributed by atoms with E-state index in [0.29, 0.717) is 13.2 Å². The first-order valence-electron chi connectivity index (χ1n) is 7.77. The summed E-state index contributed by atoms with van der Waals surface area (Å²) in [4.78, 5) is 2.36. The molecule has 3 heterocycles. The Balaban J connectivity index is 1.67.